The van der Waals surface area contributed by atoms with Gasteiger partial charge in [-0.1, -0.05) is 36.0 Å². The monoisotopic (exact) mass is 368 g/mol. The van der Waals surface area contributed by atoms with Gasteiger partial charge in [0.15, 0.2) is 22.5 Å². The highest BCUT2D eigenvalue weighted by Gasteiger charge is 2.14. The van der Waals surface area contributed by atoms with Crippen LogP contribution in [0.4, 0.5) is 4.39 Å². The van der Waals surface area contributed by atoms with Gasteiger partial charge in [0.25, 0.3) is 0 Å². The van der Waals surface area contributed by atoms with E-state index in [4.69, 9.17) is 4.42 Å². The van der Waals surface area contributed by atoms with Crippen LogP contribution in [0.5, 0.6) is 0 Å². The molecular weight excluding hydrogens is 351 g/mol. The lowest BCUT2D eigenvalue weighted by Crippen LogP contribution is -1.97. The number of rotatable bonds is 6. The summed E-state index contributed by atoms with van der Waals surface area (Å²) in [7, 11) is 1.85. The number of aryl methyl sites for hydroxylation is 1. The second kappa shape index (κ2) is 7.29. The average Bonchev–Trinajstić information content (AvgIpc) is 3.22. The lowest BCUT2D eigenvalue weighted by Gasteiger charge is -2.04. The molecule has 0 saturated carbocycles. The number of benzene rings is 2. The Hall–Kier alpha value is -2.67. The highest BCUT2D eigenvalue weighted by molar-refractivity contribution is 7.99. The van der Waals surface area contributed by atoms with Crippen LogP contribution in [-0.4, -0.2) is 25.5 Å². The van der Waals surface area contributed by atoms with E-state index >= 15 is 0 Å². The molecule has 4 rings (SSSR count). The minimum absolute atomic E-state index is 0.296. The molecule has 0 aliphatic rings. The number of nitrogens with zero attached hydrogens (tertiary/aromatic N) is 4. The number of oxazole rings is 1. The van der Waals surface area contributed by atoms with Gasteiger partial charge < -0.3 is 8.98 Å². The van der Waals surface area contributed by atoms with Crippen LogP contribution in [0.3, 0.4) is 0 Å². The summed E-state index contributed by atoms with van der Waals surface area (Å²) >= 11 is 1.59. The molecule has 0 fully saturated rings. The molecule has 0 spiro atoms. The molecule has 0 aliphatic carbocycles. The van der Waals surface area contributed by atoms with Crippen LogP contribution in [0.25, 0.3) is 22.5 Å². The summed E-state index contributed by atoms with van der Waals surface area (Å²) in [5, 5.41) is 9.08. The first-order chi connectivity index (χ1) is 12.7. The van der Waals surface area contributed by atoms with E-state index in [2.05, 4.69) is 15.2 Å². The Kier molecular flexibility index (Phi) is 4.71. The van der Waals surface area contributed by atoms with Crippen molar-refractivity contribution in [3.05, 3.63) is 60.2 Å². The summed E-state index contributed by atoms with van der Waals surface area (Å²) in [6.45, 7) is 0. The third kappa shape index (κ3) is 3.35. The van der Waals surface area contributed by atoms with E-state index in [1.807, 2.05) is 35.9 Å². The van der Waals surface area contributed by atoms with Crippen molar-refractivity contribution < 1.29 is 8.81 Å². The number of thioether (sulfide) groups is 1. The van der Waals surface area contributed by atoms with E-state index in [9.17, 15) is 4.39 Å². The minimum atomic E-state index is -0.296. The molecule has 0 amide bonds. The molecule has 0 unspecified atom stereocenters. The van der Waals surface area contributed by atoms with Gasteiger partial charge in [0.1, 0.15) is 11.3 Å². The normalized spacial score (nSPS) is 11.3. The maximum Gasteiger partial charge on any atom is 0.195 e. The first kappa shape index (κ1) is 16.8. The molecule has 0 saturated heterocycles. The molecule has 132 valence electrons. The van der Waals surface area contributed by atoms with E-state index in [1.54, 1.807) is 30.0 Å². The van der Waals surface area contributed by atoms with Crippen molar-refractivity contribution in [1.29, 1.82) is 0 Å². The van der Waals surface area contributed by atoms with Gasteiger partial charge in [-0.2, -0.15) is 0 Å². The van der Waals surface area contributed by atoms with Crippen molar-refractivity contribution >= 4 is 22.9 Å². The Bertz CT molecular complexity index is 1010. The number of para-hydroxylation sites is 2. The summed E-state index contributed by atoms with van der Waals surface area (Å²) in [5.74, 6) is 1.83. The highest BCUT2D eigenvalue weighted by atomic mass is 32.2. The van der Waals surface area contributed by atoms with Gasteiger partial charge in [-0.3, -0.25) is 0 Å². The molecule has 2 aromatic carbocycles. The summed E-state index contributed by atoms with van der Waals surface area (Å²) in [6, 6.07) is 14.3. The van der Waals surface area contributed by atoms with Crippen molar-refractivity contribution in [3.63, 3.8) is 0 Å². The van der Waals surface area contributed by atoms with Gasteiger partial charge >= 0.3 is 0 Å². The fourth-order valence-corrected chi connectivity index (χ4v) is 3.58. The van der Waals surface area contributed by atoms with Gasteiger partial charge in [0, 0.05) is 19.2 Å². The molecule has 26 heavy (non-hydrogen) atoms. The van der Waals surface area contributed by atoms with Gasteiger partial charge in [-0.05, 0) is 30.7 Å². The SMILES string of the molecule is Cn1c(SCCCc2nc3ccccc3o2)nnc1-c1ccccc1F. The Labute approximate surface area is 154 Å². The maximum atomic E-state index is 13.9. The zero-order valence-electron chi connectivity index (χ0n) is 14.2. The van der Waals surface area contributed by atoms with Crippen LogP contribution >= 0.6 is 11.8 Å². The highest BCUT2D eigenvalue weighted by Crippen LogP contribution is 2.25. The largest absolute Gasteiger partial charge is 0.441 e. The van der Waals surface area contributed by atoms with Crippen LogP contribution in [0.2, 0.25) is 0 Å². The third-order valence-corrected chi connectivity index (χ3v) is 5.16. The lowest BCUT2D eigenvalue weighted by molar-refractivity contribution is 0.526. The smallest absolute Gasteiger partial charge is 0.195 e. The first-order valence-corrected chi connectivity index (χ1v) is 9.32. The Morgan fingerprint density at radius 1 is 1.08 bits per heavy atom. The van der Waals surface area contributed by atoms with E-state index < -0.39 is 0 Å². The van der Waals surface area contributed by atoms with Crippen LogP contribution in [0.1, 0.15) is 12.3 Å². The van der Waals surface area contributed by atoms with Gasteiger partial charge in [0.2, 0.25) is 0 Å². The molecule has 0 aliphatic heterocycles. The van der Waals surface area contributed by atoms with Crippen molar-refractivity contribution in [2.75, 3.05) is 5.75 Å². The Balaban J connectivity index is 1.37. The predicted molar refractivity (Wildman–Crippen MR) is 99.5 cm³/mol. The van der Waals surface area contributed by atoms with Crippen molar-refractivity contribution in [3.8, 4) is 11.4 Å². The fraction of sp³-hybridized carbons (Fsp3) is 0.211. The molecule has 7 heteroatoms. The van der Waals surface area contributed by atoms with Crippen LogP contribution in [0, 0.1) is 5.82 Å². The Morgan fingerprint density at radius 2 is 1.88 bits per heavy atom. The van der Waals surface area contributed by atoms with E-state index in [1.165, 1.54) is 6.07 Å². The van der Waals surface area contributed by atoms with Gasteiger partial charge in [0.05, 0.1) is 5.56 Å². The summed E-state index contributed by atoms with van der Waals surface area (Å²) < 4.78 is 21.5. The molecular formula is C19H17FN4OS. The number of halogens is 1. The second-order valence-electron chi connectivity index (χ2n) is 5.87. The molecule has 4 aromatic rings. The predicted octanol–water partition coefficient (Wildman–Crippen LogP) is 4.49. The molecule has 0 radical (unpaired) electrons. The van der Waals surface area contributed by atoms with Gasteiger partial charge in [-0.25, -0.2) is 9.37 Å². The van der Waals surface area contributed by atoms with Crippen molar-refractivity contribution in [2.45, 2.75) is 18.0 Å². The van der Waals surface area contributed by atoms with Crippen LogP contribution in [0.15, 0.2) is 58.1 Å². The molecule has 0 bridgehead atoms. The van der Waals surface area contributed by atoms with Crippen LogP contribution < -0.4 is 0 Å². The van der Waals surface area contributed by atoms with Crippen molar-refractivity contribution in [1.82, 2.24) is 19.7 Å². The number of aromatic nitrogens is 4. The standard InChI is InChI=1S/C19H17FN4OS/c1-24-18(13-7-2-3-8-14(13)20)22-23-19(24)26-12-6-11-17-21-15-9-4-5-10-16(15)25-17/h2-5,7-10H,6,11-12H2,1H3. The molecule has 5 nitrogen and oxygen atoms in total. The zero-order valence-corrected chi connectivity index (χ0v) is 15.0. The average molecular weight is 368 g/mol. The second-order valence-corrected chi connectivity index (χ2v) is 6.93. The summed E-state index contributed by atoms with van der Waals surface area (Å²) in [4.78, 5) is 4.48. The van der Waals surface area contributed by atoms with E-state index in [-0.39, 0.29) is 5.82 Å². The number of hydrogen-bond acceptors (Lipinski definition) is 5. The Morgan fingerprint density at radius 3 is 2.73 bits per heavy atom. The quantitative estimate of drug-likeness (QED) is 0.371. The van der Waals surface area contributed by atoms with Crippen LogP contribution in [-0.2, 0) is 13.5 Å². The topological polar surface area (TPSA) is 56.7 Å². The lowest BCUT2D eigenvalue weighted by atomic mass is 10.2. The zero-order chi connectivity index (χ0) is 17.9. The molecule has 2 heterocycles. The third-order valence-electron chi connectivity index (χ3n) is 4.05. The molecule has 0 N–H and O–H groups in total. The summed E-state index contributed by atoms with van der Waals surface area (Å²) in [5.41, 5.74) is 2.16. The fourth-order valence-electron chi connectivity index (χ4n) is 2.73. The minimum Gasteiger partial charge on any atom is -0.441 e. The molecule has 0 atom stereocenters. The number of hydrogen-bond donors (Lipinski definition) is 0. The summed E-state index contributed by atoms with van der Waals surface area (Å²) in [6.07, 6.45) is 1.67. The van der Waals surface area contributed by atoms with Crippen molar-refractivity contribution in [2.24, 2.45) is 7.05 Å². The first-order valence-electron chi connectivity index (χ1n) is 8.34. The van der Waals surface area contributed by atoms with Gasteiger partial charge in [-0.15, -0.1) is 10.2 Å². The number of fused-ring (bicyclic) bond motifs is 1. The van der Waals surface area contributed by atoms with E-state index in [0.29, 0.717) is 11.4 Å². The maximum absolute atomic E-state index is 13.9. The molecule has 2 aromatic heterocycles. The van der Waals surface area contributed by atoms with E-state index in [0.717, 1.165) is 40.7 Å².